The number of piperazine rings is 1. The first-order valence-corrected chi connectivity index (χ1v) is 7.93. The van der Waals surface area contributed by atoms with Crippen molar-refractivity contribution in [3.05, 3.63) is 63.7 Å². The monoisotopic (exact) mass is 314 g/mol. The first-order valence-electron chi connectivity index (χ1n) is 7.93. The molecular weight excluding hydrogens is 292 g/mol. The molecule has 0 amide bonds. The minimum Gasteiger partial charge on any atom is -0.502 e. The molecule has 0 spiro atoms. The van der Waals surface area contributed by atoms with E-state index in [1.807, 2.05) is 6.07 Å². The maximum atomic E-state index is 11.6. The van der Waals surface area contributed by atoms with Crippen molar-refractivity contribution in [3.63, 3.8) is 0 Å². The van der Waals surface area contributed by atoms with Gasteiger partial charge in [0.1, 0.15) is 5.76 Å². The van der Waals surface area contributed by atoms with Gasteiger partial charge in [-0.05, 0) is 12.5 Å². The van der Waals surface area contributed by atoms with Crippen LogP contribution in [0.5, 0.6) is 5.75 Å². The zero-order chi connectivity index (χ0) is 16.2. The number of aryl methyl sites for hydroxylation is 1. The maximum absolute atomic E-state index is 11.6. The van der Waals surface area contributed by atoms with Gasteiger partial charge in [0.2, 0.25) is 11.2 Å². The first kappa shape index (κ1) is 15.8. The molecule has 1 fully saturated rings. The third-order valence-electron chi connectivity index (χ3n) is 4.20. The van der Waals surface area contributed by atoms with E-state index in [2.05, 4.69) is 34.1 Å². The van der Waals surface area contributed by atoms with E-state index in [4.69, 9.17) is 4.42 Å². The van der Waals surface area contributed by atoms with Crippen LogP contribution in [-0.2, 0) is 13.1 Å². The number of hydrogen-bond acceptors (Lipinski definition) is 5. The zero-order valence-corrected chi connectivity index (χ0v) is 13.4. The Bertz CT molecular complexity index is 704. The second-order valence-electron chi connectivity index (χ2n) is 6.03. The van der Waals surface area contributed by atoms with Crippen molar-refractivity contribution in [3.8, 4) is 5.75 Å². The number of aromatic hydroxyl groups is 1. The van der Waals surface area contributed by atoms with E-state index < -0.39 is 0 Å². The lowest BCUT2D eigenvalue weighted by molar-refractivity contribution is 0.113. The minimum atomic E-state index is -0.369. The van der Waals surface area contributed by atoms with Crippen molar-refractivity contribution in [2.45, 2.75) is 20.0 Å². The van der Waals surface area contributed by atoms with Gasteiger partial charge in [-0.15, -0.1) is 0 Å². The van der Waals surface area contributed by atoms with E-state index in [1.54, 1.807) is 6.92 Å². The van der Waals surface area contributed by atoms with Gasteiger partial charge < -0.3 is 9.52 Å². The second kappa shape index (κ2) is 6.98. The molecule has 0 atom stereocenters. The van der Waals surface area contributed by atoms with Gasteiger partial charge >= 0.3 is 0 Å². The predicted octanol–water partition coefficient (Wildman–Crippen LogP) is 1.97. The Kier molecular flexibility index (Phi) is 4.79. The van der Waals surface area contributed by atoms with E-state index >= 15 is 0 Å². The Hall–Kier alpha value is -2.11. The van der Waals surface area contributed by atoms with Crippen molar-refractivity contribution in [2.75, 3.05) is 26.2 Å². The molecule has 1 N–H and O–H groups in total. The summed E-state index contributed by atoms with van der Waals surface area (Å²) < 4.78 is 5.51. The van der Waals surface area contributed by atoms with Crippen molar-refractivity contribution < 1.29 is 9.52 Å². The quantitative estimate of drug-likeness (QED) is 0.935. The Labute approximate surface area is 135 Å². The highest BCUT2D eigenvalue weighted by molar-refractivity contribution is 5.24. The maximum Gasteiger partial charge on any atom is 0.227 e. The molecule has 2 aromatic rings. The van der Waals surface area contributed by atoms with Gasteiger partial charge in [-0.2, -0.15) is 0 Å². The molecule has 1 aromatic carbocycles. The predicted molar refractivity (Wildman–Crippen MR) is 88.4 cm³/mol. The number of nitrogens with zero attached hydrogens (tertiary/aromatic N) is 2. The molecule has 0 bridgehead atoms. The summed E-state index contributed by atoms with van der Waals surface area (Å²) in [6.07, 6.45) is 0. The Balaban J connectivity index is 1.56. The summed E-state index contributed by atoms with van der Waals surface area (Å²) >= 11 is 0. The molecule has 23 heavy (non-hydrogen) atoms. The fourth-order valence-corrected chi connectivity index (χ4v) is 2.92. The van der Waals surface area contributed by atoms with Gasteiger partial charge in [0.15, 0.2) is 5.76 Å². The van der Waals surface area contributed by atoms with Gasteiger partial charge in [-0.1, -0.05) is 30.3 Å². The smallest absolute Gasteiger partial charge is 0.227 e. The largest absolute Gasteiger partial charge is 0.502 e. The molecule has 1 aromatic heterocycles. The Morgan fingerprint density at radius 3 is 2.30 bits per heavy atom. The summed E-state index contributed by atoms with van der Waals surface area (Å²) in [4.78, 5) is 16.2. The standard InChI is InChI=1S/C18H22N2O3/c1-14-11-16(21)18(22)17(23-14)13-20-9-7-19(8-10-20)12-15-5-3-2-4-6-15/h2-6,11,22H,7-10,12-13H2,1H3. The van der Waals surface area contributed by atoms with Gasteiger partial charge in [0.25, 0.3) is 0 Å². The van der Waals surface area contributed by atoms with Crippen LogP contribution in [0.15, 0.2) is 45.6 Å². The highest BCUT2D eigenvalue weighted by Crippen LogP contribution is 2.17. The van der Waals surface area contributed by atoms with Crippen LogP contribution in [0.2, 0.25) is 0 Å². The number of rotatable bonds is 4. The van der Waals surface area contributed by atoms with Crippen LogP contribution in [0.25, 0.3) is 0 Å². The zero-order valence-electron chi connectivity index (χ0n) is 13.4. The Morgan fingerprint density at radius 1 is 1.04 bits per heavy atom. The summed E-state index contributed by atoms with van der Waals surface area (Å²) in [6.45, 7) is 6.87. The molecule has 5 nitrogen and oxygen atoms in total. The van der Waals surface area contributed by atoms with Crippen molar-refractivity contribution in [1.29, 1.82) is 0 Å². The van der Waals surface area contributed by atoms with Crippen molar-refractivity contribution in [1.82, 2.24) is 9.80 Å². The van der Waals surface area contributed by atoms with Gasteiger partial charge in [-0.25, -0.2) is 0 Å². The van der Waals surface area contributed by atoms with Gasteiger partial charge in [0, 0.05) is 38.8 Å². The molecule has 0 saturated carbocycles. The average Bonchev–Trinajstić information content (AvgIpc) is 2.55. The van der Waals surface area contributed by atoms with E-state index in [0.29, 0.717) is 18.1 Å². The fourth-order valence-electron chi connectivity index (χ4n) is 2.92. The van der Waals surface area contributed by atoms with Crippen LogP contribution in [0.3, 0.4) is 0 Å². The van der Waals surface area contributed by atoms with Crippen LogP contribution in [0.4, 0.5) is 0 Å². The molecule has 1 aliphatic rings. The summed E-state index contributed by atoms with van der Waals surface area (Å²) in [5.74, 6) is 0.638. The van der Waals surface area contributed by atoms with E-state index in [1.165, 1.54) is 11.6 Å². The molecule has 3 rings (SSSR count). The van der Waals surface area contributed by atoms with Crippen molar-refractivity contribution >= 4 is 0 Å². The summed E-state index contributed by atoms with van der Waals surface area (Å²) in [5, 5.41) is 9.86. The van der Waals surface area contributed by atoms with Gasteiger partial charge in [0.05, 0.1) is 6.54 Å². The van der Waals surface area contributed by atoms with E-state index in [9.17, 15) is 9.90 Å². The average molecular weight is 314 g/mol. The third-order valence-corrected chi connectivity index (χ3v) is 4.20. The van der Waals surface area contributed by atoms with Crippen LogP contribution >= 0.6 is 0 Å². The third kappa shape index (κ3) is 4.00. The molecule has 0 unspecified atom stereocenters. The normalized spacial score (nSPS) is 16.6. The van der Waals surface area contributed by atoms with Crippen LogP contribution in [0.1, 0.15) is 17.1 Å². The lowest BCUT2D eigenvalue weighted by atomic mass is 10.2. The Morgan fingerprint density at radius 2 is 1.65 bits per heavy atom. The van der Waals surface area contributed by atoms with Gasteiger partial charge in [-0.3, -0.25) is 14.6 Å². The molecule has 1 aliphatic heterocycles. The second-order valence-corrected chi connectivity index (χ2v) is 6.03. The molecule has 0 aliphatic carbocycles. The molecule has 5 heteroatoms. The molecule has 122 valence electrons. The lowest BCUT2D eigenvalue weighted by Crippen LogP contribution is -2.45. The van der Waals surface area contributed by atoms with Crippen LogP contribution < -0.4 is 5.43 Å². The molecule has 1 saturated heterocycles. The molecule has 0 radical (unpaired) electrons. The highest BCUT2D eigenvalue weighted by atomic mass is 16.4. The lowest BCUT2D eigenvalue weighted by Gasteiger charge is -2.34. The topological polar surface area (TPSA) is 56.9 Å². The highest BCUT2D eigenvalue weighted by Gasteiger charge is 2.20. The number of hydrogen-bond donors (Lipinski definition) is 1. The summed E-state index contributed by atoms with van der Waals surface area (Å²) in [6, 6.07) is 11.8. The molecule has 2 heterocycles. The first-order chi connectivity index (χ1) is 11.1. The summed E-state index contributed by atoms with van der Waals surface area (Å²) in [7, 11) is 0. The van der Waals surface area contributed by atoms with E-state index in [-0.39, 0.29) is 11.2 Å². The molecular formula is C18H22N2O3. The summed E-state index contributed by atoms with van der Waals surface area (Å²) in [5.41, 5.74) is 0.953. The van der Waals surface area contributed by atoms with Crippen molar-refractivity contribution in [2.24, 2.45) is 0 Å². The van der Waals surface area contributed by atoms with Crippen LogP contribution in [0, 0.1) is 6.92 Å². The SMILES string of the molecule is Cc1cc(=O)c(O)c(CN2CCN(Cc3ccccc3)CC2)o1. The fraction of sp³-hybridized carbons (Fsp3) is 0.389. The minimum absolute atomic E-state index is 0.262. The van der Waals surface area contributed by atoms with Crippen LogP contribution in [-0.4, -0.2) is 41.1 Å². The number of benzene rings is 1. The van der Waals surface area contributed by atoms with E-state index in [0.717, 1.165) is 32.7 Å².